The van der Waals surface area contributed by atoms with Crippen LogP contribution in [0.25, 0.3) is 11.1 Å². The quantitative estimate of drug-likeness (QED) is 0.878. The highest BCUT2D eigenvalue weighted by Crippen LogP contribution is 2.31. The lowest BCUT2D eigenvalue weighted by molar-refractivity contribution is 0.0695. The Balaban J connectivity index is 2.72. The molecule has 104 valence electrons. The van der Waals surface area contributed by atoms with Gasteiger partial charge in [0.25, 0.3) is 0 Å². The minimum absolute atomic E-state index is 0.452. The van der Waals surface area contributed by atoms with Gasteiger partial charge in [-0.1, -0.05) is 49.7 Å². The molecular formula is C18H20O2. The van der Waals surface area contributed by atoms with Crippen LogP contribution in [0.4, 0.5) is 0 Å². The van der Waals surface area contributed by atoms with Crippen LogP contribution in [0.3, 0.4) is 0 Å². The molecule has 0 aromatic heterocycles. The second-order valence-electron chi connectivity index (χ2n) is 5.14. The van der Waals surface area contributed by atoms with Crippen molar-refractivity contribution in [1.29, 1.82) is 0 Å². The largest absolute Gasteiger partial charge is 0.478 e. The van der Waals surface area contributed by atoms with Gasteiger partial charge in [0, 0.05) is 0 Å². The van der Waals surface area contributed by atoms with E-state index >= 15 is 0 Å². The van der Waals surface area contributed by atoms with Crippen molar-refractivity contribution >= 4 is 5.97 Å². The maximum Gasteiger partial charge on any atom is 0.336 e. The van der Waals surface area contributed by atoms with Crippen LogP contribution in [0, 0.1) is 13.8 Å². The van der Waals surface area contributed by atoms with E-state index in [2.05, 4.69) is 19.1 Å². The lowest BCUT2D eigenvalue weighted by atomic mass is 9.87. The van der Waals surface area contributed by atoms with Crippen LogP contribution < -0.4 is 0 Å². The predicted molar refractivity (Wildman–Crippen MR) is 82.3 cm³/mol. The Morgan fingerprint density at radius 2 is 1.80 bits per heavy atom. The fourth-order valence-electron chi connectivity index (χ4n) is 2.80. The summed E-state index contributed by atoms with van der Waals surface area (Å²) in [5.41, 5.74) is 5.65. The molecule has 0 saturated carbocycles. The van der Waals surface area contributed by atoms with E-state index in [1.165, 1.54) is 0 Å². The molecule has 20 heavy (non-hydrogen) atoms. The molecule has 2 heteroatoms. The van der Waals surface area contributed by atoms with Gasteiger partial charge in [-0.2, -0.15) is 0 Å². The first-order valence-electron chi connectivity index (χ1n) is 6.98. The van der Waals surface area contributed by atoms with E-state index in [1.54, 1.807) is 0 Å². The third kappa shape index (κ3) is 2.60. The van der Waals surface area contributed by atoms with Crippen LogP contribution in [0.1, 0.15) is 40.4 Å². The summed E-state index contributed by atoms with van der Waals surface area (Å²) >= 11 is 0. The first kappa shape index (κ1) is 14.3. The molecule has 0 fully saturated rings. The van der Waals surface area contributed by atoms with E-state index in [0.29, 0.717) is 5.56 Å². The number of aromatic carboxylic acids is 1. The van der Waals surface area contributed by atoms with Crippen molar-refractivity contribution in [2.45, 2.75) is 33.6 Å². The summed E-state index contributed by atoms with van der Waals surface area (Å²) in [6.07, 6.45) is 1.90. The number of hydrogen-bond donors (Lipinski definition) is 1. The molecule has 2 aromatic rings. The van der Waals surface area contributed by atoms with Gasteiger partial charge >= 0.3 is 5.97 Å². The van der Waals surface area contributed by atoms with Gasteiger partial charge in [0.1, 0.15) is 0 Å². The summed E-state index contributed by atoms with van der Waals surface area (Å²) in [7, 11) is 0. The molecule has 1 N–H and O–H groups in total. The molecule has 2 rings (SSSR count). The molecule has 0 spiro atoms. The summed E-state index contributed by atoms with van der Waals surface area (Å²) in [5, 5.41) is 9.40. The number of rotatable bonds is 4. The van der Waals surface area contributed by atoms with E-state index in [1.807, 2.05) is 38.1 Å². The fourth-order valence-corrected chi connectivity index (χ4v) is 2.80. The first-order valence-corrected chi connectivity index (χ1v) is 6.98. The highest BCUT2D eigenvalue weighted by Gasteiger charge is 2.17. The molecular weight excluding hydrogens is 248 g/mol. The zero-order valence-corrected chi connectivity index (χ0v) is 12.2. The Kier molecular flexibility index (Phi) is 4.23. The van der Waals surface area contributed by atoms with Gasteiger partial charge in [-0.15, -0.1) is 0 Å². The van der Waals surface area contributed by atoms with Crippen molar-refractivity contribution < 1.29 is 9.90 Å². The summed E-state index contributed by atoms with van der Waals surface area (Å²) in [6, 6.07) is 12.2. The Hall–Kier alpha value is -2.09. The highest BCUT2D eigenvalue weighted by molar-refractivity contribution is 5.93. The van der Waals surface area contributed by atoms with Gasteiger partial charge in [-0.25, -0.2) is 4.79 Å². The van der Waals surface area contributed by atoms with Gasteiger partial charge in [-0.3, -0.25) is 0 Å². The molecule has 0 atom stereocenters. The average molecular weight is 268 g/mol. The van der Waals surface area contributed by atoms with Crippen molar-refractivity contribution in [2.24, 2.45) is 0 Å². The minimum atomic E-state index is -0.836. The number of hydrogen-bond acceptors (Lipinski definition) is 1. The molecule has 0 aliphatic heterocycles. The van der Waals surface area contributed by atoms with Gasteiger partial charge in [-0.05, 0) is 48.1 Å². The SMILES string of the molecule is CCCc1c(-c2ccccc2)cc(C)c(C(=O)O)c1C. The summed E-state index contributed by atoms with van der Waals surface area (Å²) in [4.78, 5) is 11.4. The zero-order valence-electron chi connectivity index (χ0n) is 12.2. The second-order valence-corrected chi connectivity index (χ2v) is 5.14. The lowest BCUT2D eigenvalue weighted by Gasteiger charge is -2.17. The van der Waals surface area contributed by atoms with Crippen LogP contribution >= 0.6 is 0 Å². The smallest absolute Gasteiger partial charge is 0.336 e. The van der Waals surface area contributed by atoms with Gasteiger partial charge in [0.15, 0.2) is 0 Å². The third-order valence-corrected chi connectivity index (χ3v) is 3.71. The van der Waals surface area contributed by atoms with Gasteiger partial charge in [0.05, 0.1) is 5.56 Å². The van der Waals surface area contributed by atoms with Crippen LogP contribution in [0.15, 0.2) is 36.4 Å². The second kappa shape index (κ2) is 5.91. The van der Waals surface area contributed by atoms with Crippen LogP contribution in [-0.2, 0) is 6.42 Å². The van der Waals surface area contributed by atoms with Crippen molar-refractivity contribution in [3.05, 3.63) is 58.7 Å². The van der Waals surface area contributed by atoms with E-state index in [4.69, 9.17) is 0 Å². The zero-order chi connectivity index (χ0) is 14.7. The molecule has 0 aliphatic carbocycles. The number of carboxylic acid groups (broad SMARTS) is 1. The molecule has 0 saturated heterocycles. The standard InChI is InChI=1S/C18H20O2/c1-4-8-15-13(3)17(18(19)20)12(2)11-16(15)14-9-6-5-7-10-14/h5-7,9-11H,4,8H2,1-3H3,(H,19,20). The molecule has 0 aliphatic rings. The highest BCUT2D eigenvalue weighted by atomic mass is 16.4. The van der Waals surface area contributed by atoms with Crippen LogP contribution in [-0.4, -0.2) is 11.1 Å². The molecule has 2 nitrogen and oxygen atoms in total. The molecule has 0 radical (unpaired) electrons. The summed E-state index contributed by atoms with van der Waals surface area (Å²) in [6.45, 7) is 5.92. The Morgan fingerprint density at radius 3 is 2.35 bits per heavy atom. The maximum absolute atomic E-state index is 11.4. The van der Waals surface area contributed by atoms with Gasteiger partial charge < -0.3 is 5.11 Å². The van der Waals surface area contributed by atoms with E-state index in [9.17, 15) is 9.90 Å². The van der Waals surface area contributed by atoms with Crippen LogP contribution in [0.2, 0.25) is 0 Å². The van der Waals surface area contributed by atoms with Crippen molar-refractivity contribution in [2.75, 3.05) is 0 Å². The van der Waals surface area contributed by atoms with E-state index < -0.39 is 5.97 Å². The van der Waals surface area contributed by atoms with Crippen molar-refractivity contribution in [3.8, 4) is 11.1 Å². The molecule has 0 bridgehead atoms. The molecule has 0 heterocycles. The topological polar surface area (TPSA) is 37.3 Å². The normalized spacial score (nSPS) is 10.6. The summed E-state index contributed by atoms with van der Waals surface area (Å²) < 4.78 is 0. The number of carboxylic acids is 1. The van der Waals surface area contributed by atoms with Crippen molar-refractivity contribution in [3.63, 3.8) is 0 Å². The third-order valence-electron chi connectivity index (χ3n) is 3.71. The maximum atomic E-state index is 11.4. The monoisotopic (exact) mass is 268 g/mol. The lowest BCUT2D eigenvalue weighted by Crippen LogP contribution is -2.07. The molecule has 0 amide bonds. The number of benzene rings is 2. The first-order chi connectivity index (χ1) is 9.56. The predicted octanol–water partition coefficient (Wildman–Crippen LogP) is 4.62. The van der Waals surface area contributed by atoms with Gasteiger partial charge in [0.2, 0.25) is 0 Å². The average Bonchev–Trinajstić information content (AvgIpc) is 2.42. The number of aryl methyl sites for hydroxylation is 1. The Bertz CT molecular complexity index is 628. The number of carbonyl (C=O) groups is 1. The van der Waals surface area contributed by atoms with Crippen molar-refractivity contribution in [1.82, 2.24) is 0 Å². The van der Waals surface area contributed by atoms with Crippen LogP contribution in [0.5, 0.6) is 0 Å². The van der Waals surface area contributed by atoms with E-state index in [-0.39, 0.29) is 0 Å². The minimum Gasteiger partial charge on any atom is -0.478 e. The molecule has 0 unspecified atom stereocenters. The summed E-state index contributed by atoms with van der Waals surface area (Å²) in [5.74, 6) is -0.836. The Morgan fingerprint density at radius 1 is 1.15 bits per heavy atom. The fraction of sp³-hybridized carbons (Fsp3) is 0.278. The Labute approximate surface area is 120 Å². The van der Waals surface area contributed by atoms with E-state index in [0.717, 1.165) is 40.7 Å². The molecule has 2 aromatic carbocycles.